The Kier molecular flexibility index (Phi) is 4.51. The quantitative estimate of drug-likeness (QED) is 0.544. The Hall–Kier alpha value is -4.06. The van der Waals surface area contributed by atoms with Crippen molar-refractivity contribution in [1.29, 1.82) is 0 Å². The van der Waals surface area contributed by atoms with E-state index in [2.05, 4.69) is 15.5 Å². The molecule has 2 N–H and O–H groups in total. The Morgan fingerprint density at radius 1 is 0.821 bits per heavy atom. The number of benzene rings is 3. The van der Waals surface area contributed by atoms with Crippen molar-refractivity contribution in [3.63, 3.8) is 0 Å². The highest BCUT2D eigenvalue weighted by atomic mass is 16.4. The Labute approximate surface area is 160 Å². The number of carbonyl (C=O) groups is 2. The molecule has 4 rings (SSSR count). The first-order valence-corrected chi connectivity index (χ1v) is 8.59. The van der Waals surface area contributed by atoms with E-state index in [4.69, 9.17) is 0 Å². The fourth-order valence-corrected chi connectivity index (χ4v) is 3.04. The zero-order chi connectivity index (χ0) is 19.5. The molecule has 0 unspecified atom stereocenters. The Morgan fingerprint density at radius 2 is 1.46 bits per heavy atom. The van der Waals surface area contributed by atoms with Crippen LogP contribution in [0.1, 0.15) is 27.0 Å². The minimum atomic E-state index is -1.06. The average molecular weight is 369 g/mol. The van der Waals surface area contributed by atoms with E-state index in [1.807, 2.05) is 42.5 Å². The van der Waals surface area contributed by atoms with Crippen LogP contribution in [0.25, 0.3) is 0 Å². The van der Waals surface area contributed by atoms with Crippen LogP contribution >= 0.6 is 0 Å². The summed E-state index contributed by atoms with van der Waals surface area (Å²) in [5.41, 5.74) is 3.15. The minimum absolute atomic E-state index is 0.113. The monoisotopic (exact) mass is 369 g/mol. The standard InChI is InChI=1S/C22H15N3O3/c26-21-20(17-12-6-7-13-18(17)23-21)25-24-19(14-8-2-1-3-9-14)15-10-4-5-11-16(15)22(27)28/h1-13H,(H,27,28)(H,23,25,26)/b24-19-. The van der Waals surface area contributed by atoms with Gasteiger partial charge in [0.1, 0.15) is 5.71 Å². The van der Waals surface area contributed by atoms with Gasteiger partial charge in [-0.2, -0.15) is 0 Å². The molecule has 0 saturated carbocycles. The molecular formula is C22H15N3O3. The van der Waals surface area contributed by atoms with E-state index >= 15 is 0 Å². The summed E-state index contributed by atoms with van der Waals surface area (Å²) in [6.07, 6.45) is 0. The number of nitrogens with zero attached hydrogens (tertiary/aromatic N) is 2. The van der Waals surface area contributed by atoms with Gasteiger partial charge >= 0.3 is 5.97 Å². The predicted molar refractivity (Wildman–Crippen MR) is 107 cm³/mol. The molecule has 3 aromatic rings. The number of carboxylic acids is 1. The van der Waals surface area contributed by atoms with Gasteiger partial charge in [0.25, 0.3) is 5.91 Å². The number of para-hydroxylation sites is 1. The normalized spacial score (nSPS) is 14.6. The largest absolute Gasteiger partial charge is 0.478 e. The summed E-state index contributed by atoms with van der Waals surface area (Å²) in [6, 6.07) is 23.0. The van der Waals surface area contributed by atoms with E-state index < -0.39 is 5.97 Å². The number of anilines is 1. The van der Waals surface area contributed by atoms with Crippen molar-refractivity contribution in [1.82, 2.24) is 0 Å². The van der Waals surface area contributed by atoms with E-state index in [0.717, 1.165) is 0 Å². The number of hydrogen-bond donors (Lipinski definition) is 2. The fraction of sp³-hybridized carbons (Fsp3) is 0. The molecule has 0 radical (unpaired) electrons. The summed E-state index contributed by atoms with van der Waals surface area (Å²) in [5, 5.41) is 20.8. The zero-order valence-corrected chi connectivity index (χ0v) is 14.7. The third-order valence-corrected chi connectivity index (χ3v) is 4.36. The van der Waals surface area contributed by atoms with Gasteiger partial charge in [-0.3, -0.25) is 4.79 Å². The number of hydrogen-bond acceptors (Lipinski definition) is 4. The van der Waals surface area contributed by atoms with E-state index in [0.29, 0.717) is 28.1 Å². The number of nitrogens with one attached hydrogen (secondary N) is 1. The number of amides is 1. The van der Waals surface area contributed by atoms with Crippen LogP contribution in [0.3, 0.4) is 0 Å². The third kappa shape index (κ3) is 3.19. The van der Waals surface area contributed by atoms with Crippen LogP contribution in [-0.4, -0.2) is 28.4 Å². The highest BCUT2D eigenvalue weighted by Gasteiger charge is 2.25. The van der Waals surface area contributed by atoms with E-state index in [9.17, 15) is 14.7 Å². The number of carboxylic acid groups (broad SMARTS) is 1. The zero-order valence-electron chi connectivity index (χ0n) is 14.7. The molecule has 1 aliphatic heterocycles. The summed E-state index contributed by atoms with van der Waals surface area (Å²) < 4.78 is 0. The van der Waals surface area contributed by atoms with Gasteiger partial charge in [-0.05, 0) is 12.1 Å². The third-order valence-electron chi connectivity index (χ3n) is 4.36. The molecule has 3 aromatic carbocycles. The molecule has 0 bridgehead atoms. The highest BCUT2D eigenvalue weighted by molar-refractivity contribution is 6.53. The topological polar surface area (TPSA) is 91.1 Å². The number of rotatable bonds is 4. The van der Waals surface area contributed by atoms with Crippen LogP contribution in [-0.2, 0) is 4.79 Å². The number of aromatic carboxylic acids is 1. The first kappa shape index (κ1) is 17.4. The smallest absolute Gasteiger partial charge is 0.336 e. The lowest BCUT2D eigenvalue weighted by atomic mass is 9.97. The molecule has 136 valence electrons. The van der Waals surface area contributed by atoms with Crippen LogP contribution in [0.15, 0.2) is 89.1 Å². The molecule has 0 aromatic heterocycles. The van der Waals surface area contributed by atoms with Crippen molar-refractivity contribution in [3.05, 3.63) is 101 Å². The maximum atomic E-state index is 12.3. The lowest BCUT2D eigenvalue weighted by Gasteiger charge is -2.09. The van der Waals surface area contributed by atoms with Crippen molar-refractivity contribution in [3.8, 4) is 0 Å². The molecule has 28 heavy (non-hydrogen) atoms. The second kappa shape index (κ2) is 7.28. The lowest BCUT2D eigenvalue weighted by molar-refractivity contribution is -0.110. The number of carbonyl (C=O) groups excluding carboxylic acids is 1. The number of fused-ring (bicyclic) bond motifs is 1. The van der Waals surface area contributed by atoms with Gasteiger partial charge in [-0.25, -0.2) is 4.79 Å². The van der Waals surface area contributed by atoms with Crippen LogP contribution in [0.5, 0.6) is 0 Å². The first-order chi connectivity index (χ1) is 13.6. The fourth-order valence-electron chi connectivity index (χ4n) is 3.04. The van der Waals surface area contributed by atoms with E-state index in [1.54, 1.807) is 30.3 Å². The van der Waals surface area contributed by atoms with Gasteiger partial charge in [-0.1, -0.05) is 66.7 Å². The summed E-state index contributed by atoms with van der Waals surface area (Å²) in [7, 11) is 0. The predicted octanol–water partition coefficient (Wildman–Crippen LogP) is 3.58. The molecule has 6 heteroatoms. The van der Waals surface area contributed by atoms with Gasteiger partial charge in [0, 0.05) is 16.7 Å². The highest BCUT2D eigenvalue weighted by Crippen LogP contribution is 2.23. The van der Waals surface area contributed by atoms with E-state index in [-0.39, 0.29) is 17.2 Å². The molecule has 1 amide bonds. The molecule has 0 aliphatic carbocycles. The second-order valence-corrected chi connectivity index (χ2v) is 6.11. The summed E-state index contributed by atoms with van der Waals surface area (Å²) in [5.74, 6) is -1.40. The second-order valence-electron chi connectivity index (χ2n) is 6.11. The molecule has 0 fully saturated rings. The Balaban J connectivity index is 1.89. The van der Waals surface area contributed by atoms with Crippen LogP contribution < -0.4 is 5.32 Å². The van der Waals surface area contributed by atoms with Crippen LogP contribution in [0, 0.1) is 0 Å². The average Bonchev–Trinajstić information content (AvgIpc) is 3.04. The Morgan fingerprint density at radius 3 is 2.21 bits per heavy atom. The SMILES string of the molecule is O=C1Nc2ccccc2/C1=N/N=C(/c1ccccc1)c1ccccc1C(=O)O. The van der Waals surface area contributed by atoms with Crippen molar-refractivity contribution in [2.75, 3.05) is 5.32 Å². The lowest BCUT2D eigenvalue weighted by Crippen LogP contribution is -2.15. The van der Waals surface area contributed by atoms with Gasteiger partial charge in [0.15, 0.2) is 5.71 Å². The van der Waals surface area contributed by atoms with Gasteiger partial charge in [0.2, 0.25) is 0 Å². The van der Waals surface area contributed by atoms with Gasteiger partial charge in [-0.15, -0.1) is 10.2 Å². The molecule has 6 nitrogen and oxygen atoms in total. The van der Waals surface area contributed by atoms with E-state index in [1.165, 1.54) is 6.07 Å². The van der Waals surface area contributed by atoms with Crippen LogP contribution in [0.2, 0.25) is 0 Å². The summed E-state index contributed by atoms with van der Waals surface area (Å²) >= 11 is 0. The maximum absolute atomic E-state index is 12.3. The first-order valence-electron chi connectivity index (χ1n) is 8.59. The van der Waals surface area contributed by atoms with Gasteiger partial charge < -0.3 is 10.4 Å². The molecule has 0 atom stereocenters. The molecule has 0 saturated heterocycles. The van der Waals surface area contributed by atoms with Crippen molar-refractivity contribution in [2.24, 2.45) is 10.2 Å². The van der Waals surface area contributed by atoms with Crippen molar-refractivity contribution < 1.29 is 14.7 Å². The Bertz CT molecular complexity index is 1130. The minimum Gasteiger partial charge on any atom is -0.478 e. The van der Waals surface area contributed by atoms with Gasteiger partial charge in [0.05, 0.1) is 11.3 Å². The molecule has 1 aliphatic rings. The maximum Gasteiger partial charge on any atom is 0.336 e. The summed E-state index contributed by atoms with van der Waals surface area (Å²) in [4.78, 5) is 24.0. The van der Waals surface area contributed by atoms with Crippen molar-refractivity contribution in [2.45, 2.75) is 0 Å². The van der Waals surface area contributed by atoms with Crippen LogP contribution in [0.4, 0.5) is 5.69 Å². The molecular weight excluding hydrogens is 354 g/mol. The summed E-state index contributed by atoms with van der Waals surface area (Å²) in [6.45, 7) is 0. The molecule has 0 spiro atoms. The van der Waals surface area contributed by atoms with Crippen molar-refractivity contribution >= 4 is 29.0 Å². The molecule has 1 heterocycles.